The van der Waals surface area contributed by atoms with Gasteiger partial charge in [0.2, 0.25) is 0 Å². The third kappa shape index (κ3) is 48.1. The topological polar surface area (TPSA) is 134 Å². The zero-order chi connectivity index (χ0) is 44.6. The Hall–Kier alpha value is -1.25. The zero-order valence-corrected chi connectivity index (χ0v) is 41.1. The van der Waals surface area contributed by atoms with E-state index in [4.69, 9.17) is 24.3 Å². The maximum atomic E-state index is 12.6. The maximum absolute atomic E-state index is 12.6. The molecule has 0 aromatic rings. The van der Waals surface area contributed by atoms with E-state index in [0.29, 0.717) is 12.8 Å². The van der Waals surface area contributed by atoms with Crippen molar-refractivity contribution in [3.63, 3.8) is 0 Å². The number of unbranched alkanes of at least 4 members (excludes halogenated alkanes) is 35. The number of ether oxygens (including phenoxy) is 2. The van der Waals surface area contributed by atoms with E-state index < -0.39 is 32.5 Å². The monoisotopic (exact) mass is 886 g/mol. The molecule has 0 spiro atoms. The number of hydrogen-bond acceptors (Lipinski definition) is 8. The number of carbonyl (C=O) groups is 2. The van der Waals surface area contributed by atoms with Crippen LogP contribution in [0.25, 0.3) is 0 Å². The molecular formula is C51H100NO8P. The predicted molar refractivity (Wildman–Crippen MR) is 257 cm³/mol. The van der Waals surface area contributed by atoms with E-state index in [0.717, 1.165) is 25.7 Å². The van der Waals surface area contributed by atoms with Crippen molar-refractivity contribution < 1.29 is 37.6 Å². The molecule has 2 atom stereocenters. The SMILES string of the molecule is CCCCCCCCCCCCCCCCCCCC/C=C/CCCC(=O)OC[C@@H](COP(=O)(O)OCCN)OC(=O)CCCCCCCCCCCCCCCCCCC. The maximum Gasteiger partial charge on any atom is 0.472 e. The molecule has 0 saturated heterocycles. The Bertz CT molecular complexity index is 1010. The van der Waals surface area contributed by atoms with E-state index in [2.05, 4.69) is 26.0 Å². The molecule has 0 aliphatic carbocycles. The molecule has 9 nitrogen and oxygen atoms in total. The van der Waals surface area contributed by atoms with E-state index in [9.17, 15) is 19.0 Å². The molecule has 0 rings (SSSR count). The van der Waals surface area contributed by atoms with Crippen LogP contribution in [-0.2, 0) is 32.7 Å². The van der Waals surface area contributed by atoms with Crippen LogP contribution >= 0.6 is 7.82 Å². The Morgan fingerprint density at radius 1 is 0.475 bits per heavy atom. The second-order valence-corrected chi connectivity index (χ2v) is 19.2. The minimum Gasteiger partial charge on any atom is -0.462 e. The van der Waals surface area contributed by atoms with Gasteiger partial charge >= 0.3 is 19.8 Å². The summed E-state index contributed by atoms with van der Waals surface area (Å²) in [7, 11) is -4.38. The van der Waals surface area contributed by atoms with Crippen LogP contribution in [-0.4, -0.2) is 49.3 Å². The van der Waals surface area contributed by atoms with Gasteiger partial charge in [0.1, 0.15) is 6.61 Å². The van der Waals surface area contributed by atoms with Crippen LogP contribution in [0.4, 0.5) is 0 Å². The highest BCUT2D eigenvalue weighted by molar-refractivity contribution is 7.47. The summed E-state index contributed by atoms with van der Waals surface area (Å²) >= 11 is 0. The summed E-state index contributed by atoms with van der Waals surface area (Å²) in [6.07, 6.45) is 52.7. The number of rotatable bonds is 50. The number of phosphoric ester groups is 1. The molecule has 0 aliphatic rings. The van der Waals surface area contributed by atoms with Crippen LogP contribution in [0, 0.1) is 0 Å². The molecular weight excluding hydrogens is 786 g/mol. The third-order valence-electron chi connectivity index (χ3n) is 11.7. The van der Waals surface area contributed by atoms with Crippen LogP contribution < -0.4 is 5.73 Å². The van der Waals surface area contributed by atoms with E-state index in [-0.39, 0.29) is 32.6 Å². The van der Waals surface area contributed by atoms with Crippen molar-refractivity contribution in [2.24, 2.45) is 5.73 Å². The van der Waals surface area contributed by atoms with E-state index in [1.165, 1.54) is 205 Å². The Balaban J connectivity index is 4.00. The van der Waals surface area contributed by atoms with Crippen molar-refractivity contribution in [1.29, 1.82) is 0 Å². The molecule has 0 amide bonds. The van der Waals surface area contributed by atoms with Crippen LogP contribution in [0.5, 0.6) is 0 Å². The van der Waals surface area contributed by atoms with Crippen LogP contribution in [0.3, 0.4) is 0 Å². The number of hydrogen-bond donors (Lipinski definition) is 2. The van der Waals surface area contributed by atoms with Crippen molar-refractivity contribution >= 4 is 19.8 Å². The van der Waals surface area contributed by atoms with E-state index in [1.807, 2.05) is 0 Å². The molecule has 0 bridgehead atoms. The first-order valence-corrected chi connectivity index (χ1v) is 27.7. The zero-order valence-electron chi connectivity index (χ0n) is 40.2. The summed E-state index contributed by atoms with van der Waals surface area (Å²) < 4.78 is 32.9. The third-order valence-corrected chi connectivity index (χ3v) is 12.6. The predicted octanol–water partition coefficient (Wildman–Crippen LogP) is 15.7. The van der Waals surface area contributed by atoms with Crippen molar-refractivity contribution in [2.75, 3.05) is 26.4 Å². The molecule has 0 radical (unpaired) electrons. The van der Waals surface area contributed by atoms with Crippen LogP contribution in [0.1, 0.15) is 271 Å². The Kier molecular flexibility index (Phi) is 47.2. The molecule has 0 saturated carbocycles. The van der Waals surface area contributed by atoms with Gasteiger partial charge in [0.15, 0.2) is 6.10 Å². The molecule has 362 valence electrons. The number of nitrogens with two attached hydrogens (primary N) is 1. The second kappa shape index (κ2) is 48.2. The summed E-state index contributed by atoms with van der Waals surface area (Å²) in [6.45, 7) is 3.77. The summed E-state index contributed by atoms with van der Waals surface area (Å²) in [5.74, 6) is -0.848. The Morgan fingerprint density at radius 2 is 0.820 bits per heavy atom. The largest absolute Gasteiger partial charge is 0.472 e. The van der Waals surface area contributed by atoms with Crippen LogP contribution in [0.2, 0.25) is 0 Å². The lowest BCUT2D eigenvalue weighted by Crippen LogP contribution is -2.29. The summed E-state index contributed by atoms with van der Waals surface area (Å²) in [4.78, 5) is 35.0. The molecule has 0 fully saturated rings. The highest BCUT2D eigenvalue weighted by Crippen LogP contribution is 2.43. The lowest BCUT2D eigenvalue weighted by molar-refractivity contribution is -0.161. The molecule has 0 heterocycles. The van der Waals surface area contributed by atoms with Gasteiger partial charge in [0.05, 0.1) is 13.2 Å². The van der Waals surface area contributed by atoms with Gasteiger partial charge in [-0.25, -0.2) is 4.57 Å². The fourth-order valence-electron chi connectivity index (χ4n) is 7.76. The van der Waals surface area contributed by atoms with Gasteiger partial charge in [-0.1, -0.05) is 238 Å². The van der Waals surface area contributed by atoms with E-state index >= 15 is 0 Å². The van der Waals surface area contributed by atoms with Gasteiger partial charge < -0.3 is 20.1 Å². The van der Waals surface area contributed by atoms with Gasteiger partial charge in [-0.2, -0.15) is 0 Å². The Morgan fingerprint density at radius 3 is 1.21 bits per heavy atom. The van der Waals surface area contributed by atoms with Gasteiger partial charge in [0.25, 0.3) is 0 Å². The first-order valence-electron chi connectivity index (χ1n) is 26.2. The van der Waals surface area contributed by atoms with Crippen molar-refractivity contribution in [2.45, 2.75) is 277 Å². The average Bonchev–Trinajstić information content (AvgIpc) is 3.25. The van der Waals surface area contributed by atoms with E-state index in [1.54, 1.807) is 0 Å². The number of allylic oxidation sites excluding steroid dienone is 2. The van der Waals surface area contributed by atoms with Crippen molar-refractivity contribution in [3.8, 4) is 0 Å². The summed E-state index contributed by atoms with van der Waals surface area (Å²) in [5, 5.41) is 0. The summed E-state index contributed by atoms with van der Waals surface area (Å²) in [6, 6.07) is 0. The minimum absolute atomic E-state index is 0.0536. The summed E-state index contributed by atoms with van der Waals surface area (Å²) in [5.41, 5.74) is 5.37. The lowest BCUT2D eigenvalue weighted by Gasteiger charge is -2.19. The number of carbonyl (C=O) groups excluding carboxylic acids is 2. The number of esters is 2. The van der Waals surface area contributed by atoms with Gasteiger partial charge in [-0.15, -0.1) is 0 Å². The normalized spacial score (nSPS) is 13.2. The number of phosphoric acid groups is 1. The molecule has 61 heavy (non-hydrogen) atoms. The highest BCUT2D eigenvalue weighted by atomic mass is 31.2. The molecule has 0 aromatic carbocycles. The van der Waals surface area contributed by atoms with Crippen molar-refractivity contribution in [3.05, 3.63) is 12.2 Å². The molecule has 1 unspecified atom stereocenters. The first-order chi connectivity index (χ1) is 29.8. The molecule has 10 heteroatoms. The fraction of sp³-hybridized carbons (Fsp3) is 0.922. The van der Waals surface area contributed by atoms with Crippen molar-refractivity contribution in [1.82, 2.24) is 0 Å². The fourth-order valence-corrected chi connectivity index (χ4v) is 8.53. The first kappa shape index (κ1) is 59.8. The highest BCUT2D eigenvalue weighted by Gasteiger charge is 2.26. The molecule has 0 aromatic heterocycles. The minimum atomic E-state index is -4.38. The van der Waals surface area contributed by atoms with Gasteiger partial charge in [-0.05, 0) is 32.1 Å². The quantitative estimate of drug-likeness (QED) is 0.0265. The second-order valence-electron chi connectivity index (χ2n) is 17.8. The van der Waals surface area contributed by atoms with Gasteiger partial charge in [0, 0.05) is 19.4 Å². The Labute approximate surface area is 377 Å². The molecule has 3 N–H and O–H groups in total. The average molecular weight is 886 g/mol. The van der Waals surface area contributed by atoms with Gasteiger partial charge in [-0.3, -0.25) is 18.6 Å². The molecule has 0 aliphatic heterocycles. The standard InChI is InChI=1S/C51H100NO8P/c1-3-5-7-9-11-13-15-17-19-21-22-23-24-25-26-28-29-31-33-35-37-39-41-43-50(53)57-47-49(48-59-61(55,56)58-46-45-52)60-51(54)44-42-40-38-36-34-32-30-27-20-18-16-14-12-10-8-6-4-2/h35,37,49H,3-34,36,38-48,52H2,1-2H3,(H,55,56)/b37-35+/t49-/m0/s1. The smallest absolute Gasteiger partial charge is 0.462 e. The lowest BCUT2D eigenvalue weighted by atomic mass is 10.0. The van der Waals surface area contributed by atoms with Crippen LogP contribution in [0.15, 0.2) is 12.2 Å².